The van der Waals surface area contributed by atoms with Crippen molar-refractivity contribution in [1.82, 2.24) is 0 Å². The largest absolute Gasteiger partial charge is 0.491 e. The summed E-state index contributed by atoms with van der Waals surface area (Å²) in [4.78, 5) is 0. The van der Waals surface area contributed by atoms with Crippen molar-refractivity contribution in [2.24, 2.45) is 0 Å². The molecule has 0 unspecified atom stereocenters. The number of benzene rings is 1. The van der Waals surface area contributed by atoms with E-state index in [4.69, 9.17) is 62.6 Å². The van der Waals surface area contributed by atoms with Gasteiger partial charge in [0.2, 0.25) is 0 Å². The highest BCUT2D eigenvalue weighted by molar-refractivity contribution is 5.41. The maximum atomic E-state index is 5.64. The zero-order chi connectivity index (χ0) is 33.6. The lowest BCUT2D eigenvalue weighted by atomic mass is 10.2. The summed E-state index contributed by atoms with van der Waals surface area (Å²) in [6, 6.07) is 7.27. The second-order valence-corrected chi connectivity index (χ2v) is 10.2. The van der Waals surface area contributed by atoms with Gasteiger partial charge in [0.25, 0.3) is 0 Å². The molecule has 0 amide bonds. The average Bonchev–Trinajstić information content (AvgIpc) is 3.08. The Labute approximate surface area is 282 Å². The van der Waals surface area contributed by atoms with E-state index in [-0.39, 0.29) is 0 Å². The number of ether oxygens (including phenoxy) is 12. The van der Waals surface area contributed by atoms with Crippen LogP contribution in [-0.2, 0) is 52.1 Å². The van der Waals surface area contributed by atoms with Crippen molar-refractivity contribution in [3.05, 3.63) is 24.3 Å². The van der Waals surface area contributed by atoms with Gasteiger partial charge in [-0.15, -0.1) is 0 Å². The molecule has 47 heavy (non-hydrogen) atoms. The van der Waals surface area contributed by atoms with Crippen LogP contribution in [0.3, 0.4) is 0 Å². The highest BCUT2D eigenvalue weighted by Gasteiger charge is 1.97. The Balaban J connectivity index is 1.62. The summed E-state index contributed by atoms with van der Waals surface area (Å²) < 4.78 is 65.9. The smallest absolute Gasteiger partial charge is 0.119 e. The topological polar surface area (TPSA) is 137 Å². The minimum atomic E-state index is 0.477. The number of hydrogen-bond acceptors (Lipinski definition) is 13. The van der Waals surface area contributed by atoms with Crippen molar-refractivity contribution in [3.63, 3.8) is 0 Å². The molecule has 0 atom stereocenters. The van der Waals surface area contributed by atoms with E-state index < -0.39 is 0 Å². The first-order valence-electron chi connectivity index (χ1n) is 17.2. The molecule has 0 spiro atoms. The van der Waals surface area contributed by atoms with Gasteiger partial charge in [-0.25, -0.2) is 0 Å². The molecule has 0 radical (unpaired) electrons. The summed E-state index contributed by atoms with van der Waals surface area (Å²) in [5.74, 6) is 0.773. The predicted octanol–water partition coefficient (Wildman–Crippen LogP) is 3.41. The number of unbranched alkanes of at least 4 members (excludes halogenated alkanes) is 3. The van der Waals surface area contributed by atoms with E-state index in [0.717, 1.165) is 18.8 Å². The number of nitrogens with two attached hydrogens (primary N) is 1. The van der Waals surface area contributed by atoms with E-state index in [1.54, 1.807) is 12.1 Å². The Kier molecular flexibility index (Phi) is 34.4. The Hall–Kier alpha value is -1.62. The molecule has 1 aromatic carbocycles. The van der Waals surface area contributed by atoms with Crippen LogP contribution in [0.15, 0.2) is 24.3 Å². The molecule has 13 heteroatoms. The molecular formula is C34H63NO12. The summed E-state index contributed by atoms with van der Waals surface area (Å²) in [5, 5.41) is 0. The number of rotatable bonds is 39. The highest BCUT2D eigenvalue weighted by Crippen LogP contribution is 2.12. The van der Waals surface area contributed by atoms with Crippen LogP contribution in [0, 0.1) is 0 Å². The molecule has 0 aliphatic rings. The summed E-state index contributed by atoms with van der Waals surface area (Å²) in [7, 11) is 0. The van der Waals surface area contributed by atoms with Gasteiger partial charge in [0, 0.05) is 12.3 Å². The van der Waals surface area contributed by atoms with Crippen LogP contribution in [0.2, 0.25) is 0 Å². The van der Waals surface area contributed by atoms with Gasteiger partial charge < -0.3 is 62.6 Å². The fourth-order valence-electron chi connectivity index (χ4n) is 3.71. The van der Waals surface area contributed by atoms with E-state index in [9.17, 15) is 0 Å². The minimum Gasteiger partial charge on any atom is -0.491 e. The van der Waals surface area contributed by atoms with Crippen LogP contribution in [0.4, 0.5) is 5.69 Å². The van der Waals surface area contributed by atoms with Gasteiger partial charge in [-0.05, 0) is 30.7 Å². The third-order valence-corrected chi connectivity index (χ3v) is 6.24. The van der Waals surface area contributed by atoms with Crippen LogP contribution in [0.25, 0.3) is 0 Å². The highest BCUT2D eigenvalue weighted by atomic mass is 16.6. The Bertz CT molecular complexity index is 732. The van der Waals surface area contributed by atoms with E-state index in [1.165, 1.54) is 19.3 Å². The van der Waals surface area contributed by atoms with Crippen molar-refractivity contribution in [1.29, 1.82) is 0 Å². The number of hydrogen-bond donors (Lipinski definition) is 1. The van der Waals surface area contributed by atoms with E-state index in [0.29, 0.717) is 151 Å². The molecular weight excluding hydrogens is 614 g/mol. The normalized spacial score (nSPS) is 11.4. The third-order valence-electron chi connectivity index (χ3n) is 6.24. The fraction of sp³-hybridized carbons (Fsp3) is 0.824. The molecule has 0 heterocycles. The first-order valence-corrected chi connectivity index (χ1v) is 17.2. The summed E-state index contributed by atoms with van der Waals surface area (Å²) in [6.45, 7) is 14.6. The van der Waals surface area contributed by atoms with Gasteiger partial charge in [-0.2, -0.15) is 0 Å². The van der Waals surface area contributed by atoms with E-state index in [2.05, 4.69) is 6.92 Å². The van der Waals surface area contributed by atoms with Crippen molar-refractivity contribution in [2.75, 3.05) is 158 Å². The Morgan fingerprint density at radius 3 is 0.915 bits per heavy atom. The van der Waals surface area contributed by atoms with Gasteiger partial charge in [0.05, 0.1) is 139 Å². The molecule has 0 bridgehead atoms. The van der Waals surface area contributed by atoms with Crippen LogP contribution in [0.1, 0.15) is 32.6 Å². The first kappa shape index (κ1) is 43.4. The lowest BCUT2D eigenvalue weighted by Crippen LogP contribution is -2.15. The minimum absolute atomic E-state index is 0.477. The molecule has 1 rings (SSSR count). The van der Waals surface area contributed by atoms with Crippen molar-refractivity contribution in [2.45, 2.75) is 32.6 Å². The Morgan fingerprint density at radius 2 is 0.617 bits per heavy atom. The van der Waals surface area contributed by atoms with Crippen molar-refractivity contribution >= 4 is 5.69 Å². The second kappa shape index (κ2) is 37.2. The molecule has 0 aliphatic carbocycles. The maximum absolute atomic E-state index is 5.64. The van der Waals surface area contributed by atoms with Gasteiger partial charge in [0.15, 0.2) is 0 Å². The summed E-state index contributed by atoms with van der Waals surface area (Å²) >= 11 is 0. The van der Waals surface area contributed by atoms with Gasteiger partial charge in [-0.3, -0.25) is 0 Å². The quantitative estimate of drug-likeness (QED) is 0.0806. The summed E-state index contributed by atoms with van der Waals surface area (Å²) in [6.07, 6.45) is 4.89. The molecule has 0 aliphatic heterocycles. The number of nitrogen functional groups attached to an aromatic ring is 1. The molecule has 13 nitrogen and oxygen atoms in total. The predicted molar refractivity (Wildman–Crippen MR) is 180 cm³/mol. The zero-order valence-corrected chi connectivity index (χ0v) is 28.9. The fourth-order valence-corrected chi connectivity index (χ4v) is 3.71. The second-order valence-electron chi connectivity index (χ2n) is 10.2. The molecule has 276 valence electrons. The van der Waals surface area contributed by atoms with Crippen molar-refractivity contribution in [3.8, 4) is 5.75 Å². The molecule has 0 aromatic heterocycles. The first-order chi connectivity index (χ1) is 23.3. The lowest BCUT2D eigenvalue weighted by molar-refractivity contribution is -0.0277. The van der Waals surface area contributed by atoms with E-state index in [1.807, 2.05) is 12.1 Å². The van der Waals surface area contributed by atoms with Crippen LogP contribution < -0.4 is 10.5 Å². The van der Waals surface area contributed by atoms with Crippen LogP contribution >= 0.6 is 0 Å². The molecule has 1 aromatic rings. The SMILES string of the molecule is CCCCCCOCCOCCOCCOCCOCCOCCOCCOCCOCCOCCOCCOc1ccc(N)cc1. The standard InChI is InChI=1S/C34H63NO12/c1-2-3-4-5-10-36-11-12-37-13-14-38-15-16-39-17-18-40-19-20-41-21-22-42-23-24-43-25-26-44-27-28-45-29-30-46-31-32-47-34-8-6-33(35)7-9-34/h6-9H,2-5,10-32,35H2,1H3. The Morgan fingerprint density at radius 1 is 0.340 bits per heavy atom. The van der Waals surface area contributed by atoms with Crippen LogP contribution in [-0.4, -0.2) is 152 Å². The zero-order valence-electron chi connectivity index (χ0n) is 28.9. The maximum Gasteiger partial charge on any atom is 0.119 e. The monoisotopic (exact) mass is 677 g/mol. The van der Waals surface area contributed by atoms with Gasteiger partial charge in [0.1, 0.15) is 12.4 Å². The average molecular weight is 678 g/mol. The lowest BCUT2D eigenvalue weighted by Gasteiger charge is -2.09. The molecule has 0 fully saturated rings. The van der Waals surface area contributed by atoms with Crippen molar-refractivity contribution < 1.29 is 56.8 Å². The van der Waals surface area contributed by atoms with E-state index >= 15 is 0 Å². The number of anilines is 1. The molecule has 0 saturated carbocycles. The third kappa shape index (κ3) is 34.1. The molecule has 2 N–H and O–H groups in total. The van der Waals surface area contributed by atoms with Gasteiger partial charge in [-0.1, -0.05) is 26.2 Å². The molecule has 0 saturated heterocycles. The summed E-state index contributed by atoms with van der Waals surface area (Å²) in [5.41, 5.74) is 6.35. The van der Waals surface area contributed by atoms with Gasteiger partial charge >= 0.3 is 0 Å². The van der Waals surface area contributed by atoms with Crippen LogP contribution in [0.5, 0.6) is 5.75 Å².